The van der Waals surface area contributed by atoms with Gasteiger partial charge in [0.15, 0.2) is 0 Å². The van der Waals surface area contributed by atoms with Gasteiger partial charge in [0.1, 0.15) is 20.4 Å². The first-order valence-electron chi connectivity index (χ1n) is 4.18. The minimum absolute atomic E-state index is 0.389. The minimum Gasteiger partial charge on any atom is -0.359 e. The second kappa shape index (κ2) is 29.2. The summed E-state index contributed by atoms with van der Waals surface area (Å²) in [5.74, 6) is 0. The Hall–Kier alpha value is -0.240. The Morgan fingerprint density at radius 3 is 0.533 bits per heavy atom. The van der Waals surface area contributed by atoms with Crippen molar-refractivity contribution in [2.75, 3.05) is 63.0 Å². The van der Waals surface area contributed by atoms with Gasteiger partial charge in [-0.25, -0.2) is 0 Å². The molecule has 0 aliphatic heterocycles. The van der Waals surface area contributed by atoms with Gasteiger partial charge < -0.3 is 28.4 Å². The minimum atomic E-state index is 0.389. The lowest BCUT2D eigenvalue weighted by Crippen LogP contribution is -1.87. The molecule has 0 spiro atoms. The van der Waals surface area contributed by atoms with E-state index >= 15 is 0 Å². The molecule has 0 aromatic carbocycles. The highest BCUT2D eigenvalue weighted by atomic mass is 16.7. The number of methoxy groups -OCH3 is 6. The maximum absolute atomic E-state index is 4.47. The zero-order valence-corrected chi connectivity index (χ0v) is 10.6. The van der Waals surface area contributed by atoms with Gasteiger partial charge >= 0.3 is 0 Å². The van der Waals surface area contributed by atoms with E-state index in [0.29, 0.717) is 20.4 Å². The van der Waals surface area contributed by atoms with Crippen LogP contribution in [0, 0.1) is 0 Å². The molecule has 0 saturated heterocycles. The van der Waals surface area contributed by atoms with Crippen molar-refractivity contribution in [3.63, 3.8) is 0 Å². The van der Waals surface area contributed by atoms with E-state index in [1.165, 1.54) is 0 Å². The largest absolute Gasteiger partial charge is 0.359 e. The molecule has 96 valence electrons. The fourth-order valence-corrected chi connectivity index (χ4v) is 0.354. The van der Waals surface area contributed by atoms with Crippen LogP contribution in [0.5, 0.6) is 0 Å². The van der Waals surface area contributed by atoms with Crippen LogP contribution in [0.2, 0.25) is 0 Å². The predicted molar refractivity (Wildman–Crippen MR) is 56.7 cm³/mol. The molecule has 0 aromatic rings. The standard InChI is InChI=1S/3C3H8O2/c3*1-4-3-5-2/h3*3H2,1-2H3. The van der Waals surface area contributed by atoms with Crippen molar-refractivity contribution in [1.82, 2.24) is 0 Å². The lowest BCUT2D eigenvalue weighted by molar-refractivity contribution is -0.00282. The van der Waals surface area contributed by atoms with Gasteiger partial charge in [-0.05, 0) is 0 Å². The molecular formula is C9H24O6. The molecule has 0 radical (unpaired) electrons. The zero-order chi connectivity index (χ0) is 12.4. The van der Waals surface area contributed by atoms with Gasteiger partial charge in [-0.2, -0.15) is 0 Å². The van der Waals surface area contributed by atoms with Crippen LogP contribution in [0.15, 0.2) is 0 Å². The molecule has 0 bridgehead atoms. The van der Waals surface area contributed by atoms with Crippen molar-refractivity contribution in [3.05, 3.63) is 0 Å². The topological polar surface area (TPSA) is 55.4 Å². The van der Waals surface area contributed by atoms with Crippen LogP contribution < -0.4 is 0 Å². The van der Waals surface area contributed by atoms with E-state index in [9.17, 15) is 0 Å². The van der Waals surface area contributed by atoms with Crippen molar-refractivity contribution >= 4 is 0 Å². The van der Waals surface area contributed by atoms with E-state index < -0.39 is 0 Å². The molecule has 6 nitrogen and oxygen atoms in total. The second-order valence-electron chi connectivity index (χ2n) is 2.09. The molecule has 0 aliphatic carbocycles. The SMILES string of the molecule is COCOC.COCOC.COCOC. The molecule has 0 fully saturated rings. The predicted octanol–water partition coefficient (Wildman–Crippen LogP) is 0.710. The maximum Gasteiger partial charge on any atom is 0.145 e. The van der Waals surface area contributed by atoms with Crippen LogP contribution in [0.4, 0.5) is 0 Å². The Labute approximate surface area is 92.4 Å². The first-order chi connectivity index (χ1) is 7.24. The van der Waals surface area contributed by atoms with Crippen LogP contribution in [-0.2, 0) is 28.4 Å². The molecular weight excluding hydrogens is 204 g/mol. The fraction of sp³-hybridized carbons (Fsp3) is 1.00. The van der Waals surface area contributed by atoms with Crippen LogP contribution in [0.1, 0.15) is 0 Å². The van der Waals surface area contributed by atoms with Gasteiger partial charge in [-0.1, -0.05) is 0 Å². The summed E-state index contributed by atoms with van der Waals surface area (Å²) in [6.45, 7) is 1.17. The summed E-state index contributed by atoms with van der Waals surface area (Å²) in [6.07, 6.45) is 0. The summed E-state index contributed by atoms with van der Waals surface area (Å²) in [5.41, 5.74) is 0. The van der Waals surface area contributed by atoms with Crippen molar-refractivity contribution in [3.8, 4) is 0 Å². The summed E-state index contributed by atoms with van der Waals surface area (Å²) in [6, 6.07) is 0. The molecule has 0 N–H and O–H groups in total. The third-order valence-electron chi connectivity index (χ3n) is 0.707. The number of hydrogen-bond acceptors (Lipinski definition) is 6. The molecule has 0 rings (SSSR count). The monoisotopic (exact) mass is 228 g/mol. The van der Waals surface area contributed by atoms with E-state index in [1.807, 2.05) is 0 Å². The smallest absolute Gasteiger partial charge is 0.145 e. The maximum atomic E-state index is 4.47. The normalized spacial score (nSPS) is 8.40. The average molecular weight is 228 g/mol. The molecule has 0 atom stereocenters. The zero-order valence-electron chi connectivity index (χ0n) is 10.6. The van der Waals surface area contributed by atoms with E-state index in [1.54, 1.807) is 42.7 Å². The van der Waals surface area contributed by atoms with E-state index in [2.05, 4.69) is 28.4 Å². The van der Waals surface area contributed by atoms with E-state index in [4.69, 9.17) is 0 Å². The van der Waals surface area contributed by atoms with Gasteiger partial charge in [-0.3, -0.25) is 0 Å². The molecule has 6 heteroatoms. The van der Waals surface area contributed by atoms with Crippen molar-refractivity contribution in [2.24, 2.45) is 0 Å². The van der Waals surface area contributed by atoms with Crippen LogP contribution in [-0.4, -0.2) is 63.0 Å². The highest BCUT2D eigenvalue weighted by Gasteiger charge is 1.64. The summed E-state index contributed by atoms with van der Waals surface area (Å²) >= 11 is 0. The first-order valence-corrected chi connectivity index (χ1v) is 4.18. The third-order valence-corrected chi connectivity index (χ3v) is 0.707. The Morgan fingerprint density at radius 1 is 0.400 bits per heavy atom. The second-order valence-corrected chi connectivity index (χ2v) is 2.09. The van der Waals surface area contributed by atoms with Crippen LogP contribution >= 0.6 is 0 Å². The fourth-order valence-electron chi connectivity index (χ4n) is 0.354. The van der Waals surface area contributed by atoms with Gasteiger partial charge in [0, 0.05) is 42.7 Å². The number of rotatable bonds is 6. The van der Waals surface area contributed by atoms with Crippen LogP contribution in [0.25, 0.3) is 0 Å². The van der Waals surface area contributed by atoms with Crippen molar-refractivity contribution in [1.29, 1.82) is 0 Å². The van der Waals surface area contributed by atoms with Crippen LogP contribution in [0.3, 0.4) is 0 Å². The Morgan fingerprint density at radius 2 is 0.533 bits per heavy atom. The molecule has 15 heavy (non-hydrogen) atoms. The summed E-state index contributed by atoms with van der Waals surface area (Å²) in [5, 5.41) is 0. The highest BCUT2D eigenvalue weighted by molar-refractivity contribution is 3.85. The summed E-state index contributed by atoms with van der Waals surface area (Å²) in [4.78, 5) is 0. The molecule has 0 aliphatic rings. The van der Waals surface area contributed by atoms with Gasteiger partial charge in [0.25, 0.3) is 0 Å². The van der Waals surface area contributed by atoms with E-state index in [-0.39, 0.29) is 0 Å². The Balaban J connectivity index is -0.000000144. The quantitative estimate of drug-likeness (QED) is 0.624. The lowest BCUT2D eigenvalue weighted by atomic mass is 11.4. The third kappa shape index (κ3) is 57.4. The molecule has 0 aromatic heterocycles. The number of ether oxygens (including phenoxy) is 6. The number of hydrogen-bond donors (Lipinski definition) is 0. The van der Waals surface area contributed by atoms with E-state index in [0.717, 1.165) is 0 Å². The lowest BCUT2D eigenvalue weighted by Gasteiger charge is -1.87. The molecule has 0 heterocycles. The molecule has 0 saturated carbocycles. The van der Waals surface area contributed by atoms with Gasteiger partial charge in [-0.15, -0.1) is 0 Å². The summed E-state index contributed by atoms with van der Waals surface area (Å²) < 4.78 is 26.8. The van der Waals surface area contributed by atoms with Crippen molar-refractivity contribution in [2.45, 2.75) is 0 Å². The average Bonchev–Trinajstić information content (AvgIpc) is 2.23. The Kier molecular flexibility index (Phi) is 39.3. The van der Waals surface area contributed by atoms with Crippen molar-refractivity contribution < 1.29 is 28.4 Å². The molecule has 0 amide bonds. The Bertz CT molecular complexity index is 51.4. The first kappa shape index (κ1) is 20.2. The van der Waals surface area contributed by atoms with Gasteiger partial charge in [0.2, 0.25) is 0 Å². The van der Waals surface area contributed by atoms with Gasteiger partial charge in [0.05, 0.1) is 0 Å². The summed E-state index contributed by atoms with van der Waals surface area (Å²) in [7, 11) is 9.52. The molecule has 0 unspecified atom stereocenters. The highest BCUT2D eigenvalue weighted by Crippen LogP contribution is 1.61.